The Balaban J connectivity index is 0.000000411. The molecule has 0 saturated carbocycles. The fourth-order valence-electron chi connectivity index (χ4n) is 0.846. The van der Waals surface area contributed by atoms with Crippen molar-refractivity contribution in [1.82, 2.24) is 0 Å². The summed E-state index contributed by atoms with van der Waals surface area (Å²) in [6.07, 6.45) is 2.43. The van der Waals surface area contributed by atoms with Gasteiger partial charge in [-0.25, -0.2) is 0 Å². The summed E-state index contributed by atoms with van der Waals surface area (Å²) in [5, 5.41) is 0.752. The summed E-state index contributed by atoms with van der Waals surface area (Å²) in [6, 6.07) is 8.86. The van der Waals surface area contributed by atoms with Crippen LogP contribution in [-0.4, -0.2) is 18.9 Å². The van der Waals surface area contributed by atoms with Crippen molar-refractivity contribution in [2.24, 2.45) is 0 Å². The van der Waals surface area contributed by atoms with Crippen molar-refractivity contribution in [2.45, 2.75) is 6.92 Å². The zero-order chi connectivity index (χ0) is 14.0. The first-order valence-corrected chi connectivity index (χ1v) is 6.34. The fourth-order valence-corrected chi connectivity index (χ4v) is 1.18. The Morgan fingerprint density at radius 1 is 1.33 bits per heavy atom. The van der Waals surface area contributed by atoms with Crippen LogP contribution in [0.5, 0.6) is 0 Å². The maximum absolute atomic E-state index is 10.3. The first kappa shape index (κ1) is 16.1. The number of rotatable bonds is 3. The van der Waals surface area contributed by atoms with Crippen LogP contribution in [0.2, 0.25) is 0 Å². The van der Waals surface area contributed by atoms with Crippen LogP contribution < -0.4 is 0 Å². The molecule has 0 amide bonds. The van der Waals surface area contributed by atoms with Crippen LogP contribution in [0.1, 0.15) is 12.5 Å². The number of carbonyl (C=O) groups excluding carboxylic acids is 1. The molecule has 18 heavy (non-hydrogen) atoms. The zero-order valence-corrected chi connectivity index (χ0v) is 10.6. The summed E-state index contributed by atoms with van der Waals surface area (Å²) in [4.78, 5) is 9.75. The van der Waals surface area contributed by atoms with Gasteiger partial charge in [-0.3, -0.25) is 9.35 Å². The van der Waals surface area contributed by atoms with Gasteiger partial charge in [0.25, 0.3) is 10.1 Å². The molecule has 0 atom stereocenters. The quantitative estimate of drug-likeness (QED) is 0.517. The van der Waals surface area contributed by atoms with Gasteiger partial charge in [0.05, 0.1) is 11.7 Å². The Kier molecular flexibility index (Phi) is 7.34. The van der Waals surface area contributed by atoms with Gasteiger partial charge >= 0.3 is 5.97 Å². The lowest BCUT2D eigenvalue weighted by molar-refractivity contribution is -0.135. The van der Waals surface area contributed by atoms with E-state index in [0.717, 1.165) is 17.2 Å². The molecule has 1 rings (SSSR count). The average Bonchev–Trinajstić information content (AvgIpc) is 2.27. The zero-order valence-electron chi connectivity index (χ0n) is 9.81. The van der Waals surface area contributed by atoms with E-state index in [1.165, 1.54) is 13.0 Å². The molecule has 0 unspecified atom stereocenters. The fraction of sp³-hybridized carbons (Fsp3) is 0.0833. The second-order valence-electron chi connectivity index (χ2n) is 3.00. The largest absolute Gasteiger partial charge is 0.435 e. The van der Waals surface area contributed by atoms with E-state index in [1.807, 2.05) is 6.07 Å². The van der Waals surface area contributed by atoms with Crippen LogP contribution in [0.4, 0.5) is 0 Å². The van der Waals surface area contributed by atoms with E-state index in [4.69, 9.17) is 4.55 Å². The van der Waals surface area contributed by atoms with E-state index in [9.17, 15) is 13.2 Å². The van der Waals surface area contributed by atoms with Gasteiger partial charge < -0.3 is 4.74 Å². The topological polar surface area (TPSA) is 80.7 Å². The first-order valence-electron chi connectivity index (χ1n) is 4.84. The molecule has 0 spiro atoms. The minimum Gasteiger partial charge on any atom is -0.435 e. The van der Waals surface area contributed by atoms with Crippen molar-refractivity contribution in [3.8, 4) is 0 Å². The minimum absolute atomic E-state index is 0.329. The number of hydrogen-bond donors (Lipinski definition) is 1. The summed E-state index contributed by atoms with van der Waals surface area (Å²) in [6.45, 7) is 4.48. The Morgan fingerprint density at radius 3 is 2.22 bits per heavy atom. The van der Waals surface area contributed by atoms with Crippen LogP contribution in [-0.2, 0) is 19.6 Å². The molecule has 1 N–H and O–H groups in total. The number of benzene rings is 1. The standard InChI is InChI=1S/C8H8O3S.C4H6O2/c9-12(10,11)7-6-8-4-2-1-3-5-8;1-3-6-4(2)5/h1-7H,(H,9,10,11);3H,1H2,2H3. The molecule has 1 aromatic rings. The predicted molar refractivity (Wildman–Crippen MR) is 69.0 cm³/mol. The van der Waals surface area contributed by atoms with Crippen molar-refractivity contribution in [3.63, 3.8) is 0 Å². The summed E-state index contributed by atoms with van der Waals surface area (Å²) in [5.41, 5.74) is 0.732. The number of carbonyl (C=O) groups is 1. The number of ether oxygens (including phenoxy) is 1. The highest BCUT2D eigenvalue weighted by atomic mass is 32.2. The molecule has 0 aliphatic heterocycles. The van der Waals surface area contributed by atoms with Gasteiger partial charge in [-0.1, -0.05) is 36.9 Å². The maximum atomic E-state index is 10.3. The van der Waals surface area contributed by atoms with Crippen LogP contribution in [0.25, 0.3) is 6.08 Å². The highest BCUT2D eigenvalue weighted by Gasteiger charge is 1.94. The van der Waals surface area contributed by atoms with Crippen molar-refractivity contribution in [1.29, 1.82) is 0 Å². The van der Waals surface area contributed by atoms with E-state index in [2.05, 4.69) is 11.3 Å². The average molecular weight is 270 g/mol. The van der Waals surface area contributed by atoms with Crippen molar-refractivity contribution in [3.05, 3.63) is 54.1 Å². The van der Waals surface area contributed by atoms with Crippen molar-refractivity contribution in [2.75, 3.05) is 0 Å². The number of hydrogen-bond acceptors (Lipinski definition) is 4. The van der Waals surface area contributed by atoms with E-state index in [0.29, 0.717) is 0 Å². The lowest BCUT2D eigenvalue weighted by Gasteiger charge is -1.89. The Hall–Kier alpha value is -1.92. The van der Waals surface area contributed by atoms with Crippen LogP contribution in [0.15, 0.2) is 48.6 Å². The molecule has 0 heterocycles. The van der Waals surface area contributed by atoms with Gasteiger partial charge in [-0.2, -0.15) is 8.42 Å². The van der Waals surface area contributed by atoms with Gasteiger partial charge in [0.15, 0.2) is 0 Å². The molecule has 6 heteroatoms. The third kappa shape index (κ3) is 10.6. The second kappa shape index (κ2) is 8.21. The molecule has 0 radical (unpaired) electrons. The molecule has 0 bridgehead atoms. The smallest absolute Gasteiger partial charge is 0.307 e. The summed E-state index contributed by atoms with van der Waals surface area (Å²) in [5.74, 6) is -0.329. The molecule has 0 saturated heterocycles. The van der Waals surface area contributed by atoms with E-state index in [-0.39, 0.29) is 5.97 Å². The lowest BCUT2D eigenvalue weighted by atomic mass is 10.2. The van der Waals surface area contributed by atoms with E-state index in [1.54, 1.807) is 24.3 Å². The third-order valence-electron chi connectivity index (χ3n) is 1.48. The van der Waals surface area contributed by atoms with Crippen LogP contribution in [0.3, 0.4) is 0 Å². The Morgan fingerprint density at radius 2 is 1.89 bits per heavy atom. The summed E-state index contributed by atoms with van der Waals surface area (Å²) < 4.78 is 33.1. The second-order valence-corrected chi connectivity index (χ2v) is 4.31. The van der Waals surface area contributed by atoms with Crippen molar-refractivity contribution >= 4 is 22.2 Å². The summed E-state index contributed by atoms with van der Waals surface area (Å²) in [7, 11) is -4.00. The highest BCUT2D eigenvalue weighted by molar-refractivity contribution is 7.88. The molecule has 0 aliphatic carbocycles. The molecular weight excluding hydrogens is 256 g/mol. The van der Waals surface area contributed by atoms with E-state index < -0.39 is 10.1 Å². The molecule has 98 valence electrons. The molecule has 0 fully saturated rings. The predicted octanol–water partition coefficient (Wildman–Crippen LogP) is 2.24. The Labute approximate surface area is 106 Å². The molecule has 1 aromatic carbocycles. The molecule has 5 nitrogen and oxygen atoms in total. The van der Waals surface area contributed by atoms with Gasteiger partial charge in [-0.05, 0) is 11.6 Å². The normalized spacial score (nSPS) is 10.3. The minimum atomic E-state index is -4.00. The highest BCUT2D eigenvalue weighted by Crippen LogP contribution is 2.01. The molecule has 0 aromatic heterocycles. The third-order valence-corrected chi connectivity index (χ3v) is 1.96. The van der Waals surface area contributed by atoms with Gasteiger partial charge in [0.1, 0.15) is 0 Å². The Bertz CT molecular complexity index is 503. The van der Waals surface area contributed by atoms with Crippen LogP contribution in [0, 0.1) is 0 Å². The lowest BCUT2D eigenvalue weighted by Crippen LogP contribution is -1.88. The van der Waals surface area contributed by atoms with Gasteiger partial charge in [0.2, 0.25) is 0 Å². The van der Waals surface area contributed by atoms with Gasteiger partial charge in [-0.15, -0.1) is 0 Å². The molecular formula is C12H14O5S. The summed E-state index contributed by atoms with van der Waals surface area (Å²) >= 11 is 0. The van der Waals surface area contributed by atoms with Gasteiger partial charge in [0, 0.05) is 6.92 Å². The van der Waals surface area contributed by atoms with Crippen molar-refractivity contribution < 1.29 is 22.5 Å². The maximum Gasteiger partial charge on any atom is 0.307 e. The van der Waals surface area contributed by atoms with Crippen LogP contribution >= 0.6 is 0 Å². The van der Waals surface area contributed by atoms with E-state index >= 15 is 0 Å². The first-order chi connectivity index (χ1) is 8.35. The number of esters is 1. The SMILES string of the molecule is C=COC(C)=O.O=S(=O)(O)C=Cc1ccccc1. The monoisotopic (exact) mass is 270 g/mol. The molecule has 0 aliphatic rings.